The lowest BCUT2D eigenvalue weighted by molar-refractivity contribution is 0.0721. The van der Waals surface area contributed by atoms with Crippen LogP contribution in [0.4, 0.5) is 5.69 Å². The number of ether oxygens (including phenoxy) is 1. The summed E-state index contributed by atoms with van der Waals surface area (Å²) in [5.74, 6) is 0.0481. The highest BCUT2D eigenvalue weighted by Gasteiger charge is 2.18. The van der Waals surface area contributed by atoms with E-state index in [-0.39, 0.29) is 0 Å². The Labute approximate surface area is 105 Å². The number of nitrogens with zero attached hydrogens (tertiary/aromatic N) is 2. The van der Waals surface area contributed by atoms with E-state index in [0.717, 1.165) is 5.56 Å². The van der Waals surface area contributed by atoms with E-state index in [0.29, 0.717) is 23.7 Å². The molecule has 5 heteroatoms. The Hall–Kier alpha value is -2.30. The number of nitrogen functional groups attached to an aromatic ring is 1. The Morgan fingerprint density at radius 3 is 2.83 bits per heavy atom. The molecule has 0 atom stereocenters. The van der Waals surface area contributed by atoms with Gasteiger partial charge in [-0.05, 0) is 25.5 Å². The molecule has 0 spiro atoms. The number of rotatable bonds is 3. The van der Waals surface area contributed by atoms with Crippen LogP contribution in [0.15, 0.2) is 30.5 Å². The van der Waals surface area contributed by atoms with Crippen molar-refractivity contribution in [1.82, 2.24) is 9.78 Å². The summed E-state index contributed by atoms with van der Waals surface area (Å²) in [4.78, 5) is 12.1. The van der Waals surface area contributed by atoms with Crippen LogP contribution in [0.25, 0.3) is 0 Å². The smallest absolute Gasteiger partial charge is 0.364 e. The zero-order chi connectivity index (χ0) is 13.1. The minimum Gasteiger partial charge on any atom is -0.421 e. The molecular formula is C13H15N3O2. The van der Waals surface area contributed by atoms with E-state index in [9.17, 15) is 4.79 Å². The van der Waals surface area contributed by atoms with Crippen LogP contribution in [0.5, 0.6) is 5.75 Å². The first-order chi connectivity index (χ1) is 8.63. The summed E-state index contributed by atoms with van der Waals surface area (Å²) >= 11 is 0. The molecule has 0 radical (unpaired) electrons. The Morgan fingerprint density at radius 2 is 2.17 bits per heavy atom. The Morgan fingerprint density at radius 1 is 1.44 bits per heavy atom. The molecule has 2 N–H and O–H groups in total. The number of carbonyl (C=O) groups is 1. The maximum atomic E-state index is 12.1. The summed E-state index contributed by atoms with van der Waals surface area (Å²) in [6, 6.07) is 7.33. The van der Waals surface area contributed by atoms with Gasteiger partial charge in [-0.2, -0.15) is 5.10 Å². The second kappa shape index (κ2) is 4.91. The quantitative estimate of drug-likeness (QED) is 0.663. The zero-order valence-corrected chi connectivity index (χ0v) is 10.4. The summed E-state index contributed by atoms with van der Waals surface area (Å²) < 4.78 is 6.86. The van der Waals surface area contributed by atoms with Gasteiger partial charge in [0.05, 0.1) is 11.9 Å². The molecule has 0 bridgehead atoms. The van der Waals surface area contributed by atoms with Gasteiger partial charge in [-0.25, -0.2) is 4.79 Å². The van der Waals surface area contributed by atoms with Gasteiger partial charge < -0.3 is 10.5 Å². The van der Waals surface area contributed by atoms with Crippen molar-refractivity contribution in [3.8, 4) is 5.75 Å². The summed E-state index contributed by atoms with van der Waals surface area (Å²) in [5.41, 5.74) is 7.24. The van der Waals surface area contributed by atoms with E-state index in [1.807, 2.05) is 32.0 Å². The van der Waals surface area contributed by atoms with Crippen LogP contribution in [0.3, 0.4) is 0 Å². The van der Waals surface area contributed by atoms with Crippen molar-refractivity contribution in [3.05, 3.63) is 41.7 Å². The minimum atomic E-state index is -0.485. The van der Waals surface area contributed by atoms with Gasteiger partial charge in [0, 0.05) is 6.54 Å². The number of benzene rings is 1. The molecule has 0 aliphatic heterocycles. The highest BCUT2D eigenvalue weighted by molar-refractivity contribution is 5.94. The van der Waals surface area contributed by atoms with Crippen molar-refractivity contribution in [3.63, 3.8) is 0 Å². The average molecular weight is 245 g/mol. The van der Waals surface area contributed by atoms with Crippen LogP contribution in [0, 0.1) is 6.92 Å². The summed E-state index contributed by atoms with van der Waals surface area (Å²) in [6.45, 7) is 4.33. The van der Waals surface area contributed by atoms with Crippen molar-refractivity contribution in [2.45, 2.75) is 20.4 Å². The number of para-hydroxylation sites is 1. The van der Waals surface area contributed by atoms with Gasteiger partial charge in [-0.3, -0.25) is 4.68 Å². The molecule has 1 aromatic heterocycles. The first-order valence-electron chi connectivity index (χ1n) is 5.72. The maximum Gasteiger partial charge on any atom is 0.364 e. The minimum absolute atomic E-state index is 0.292. The van der Waals surface area contributed by atoms with Gasteiger partial charge in [0.25, 0.3) is 0 Å². The molecule has 0 fully saturated rings. The number of aryl methyl sites for hydroxylation is 2. The highest BCUT2D eigenvalue weighted by atomic mass is 16.5. The molecule has 18 heavy (non-hydrogen) atoms. The second-order valence-electron chi connectivity index (χ2n) is 3.92. The highest BCUT2D eigenvalue weighted by Crippen LogP contribution is 2.19. The topological polar surface area (TPSA) is 70.1 Å². The molecule has 0 saturated heterocycles. The molecule has 0 aliphatic carbocycles. The standard InChI is InChI=1S/C13H15N3O2/c1-3-16-12(10(14)8-15-16)13(17)18-11-7-5-4-6-9(11)2/h4-8H,3,14H2,1-2H3. The summed E-state index contributed by atoms with van der Waals surface area (Å²) in [7, 11) is 0. The lowest BCUT2D eigenvalue weighted by Crippen LogP contribution is -2.17. The van der Waals surface area contributed by atoms with E-state index < -0.39 is 5.97 Å². The zero-order valence-electron chi connectivity index (χ0n) is 10.4. The third-order valence-electron chi connectivity index (χ3n) is 2.66. The first-order valence-corrected chi connectivity index (χ1v) is 5.72. The van der Waals surface area contributed by atoms with Crippen LogP contribution in [-0.4, -0.2) is 15.7 Å². The van der Waals surface area contributed by atoms with Gasteiger partial charge in [-0.15, -0.1) is 0 Å². The molecule has 0 saturated carbocycles. The normalized spacial score (nSPS) is 10.3. The number of carbonyl (C=O) groups excluding carboxylic acids is 1. The monoisotopic (exact) mass is 245 g/mol. The third-order valence-corrected chi connectivity index (χ3v) is 2.66. The summed E-state index contributed by atoms with van der Waals surface area (Å²) in [5, 5.41) is 4.01. The number of hydrogen-bond donors (Lipinski definition) is 1. The number of esters is 1. The fourth-order valence-corrected chi connectivity index (χ4v) is 1.68. The molecular weight excluding hydrogens is 230 g/mol. The number of nitrogens with two attached hydrogens (primary N) is 1. The van der Waals surface area contributed by atoms with Crippen LogP contribution < -0.4 is 10.5 Å². The maximum absolute atomic E-state index is 12.1. The average Bonchev–Trinajstić information content (AvgIpc) is 2.73. The van der Waals surface area contributed by atoms with Crippen molar-refractivity contribution in [2.75, 3.05) is 5.73 Å². The van der Waals surface area contributed by atoms with Crippen molar-refractivity contribution in [1.29, 1.82) is 0 Å². The van der Waals surface area contributed by atoms with Crippen molar-refractivity contribution in [2.24, 2.45) is 0 Å². The van der Waals surface area contributed by atoms with E-state index in [2.05, 4.69) is 5.10 Å². The van der Waals surface area contributed by atoms with E-state index >= 15 is 0 Å². The Balaban J connectivity index is 2.28. The van der Waals surface area contributed by atoms with Crippen LogP contribution in [0.1, 0.15) is 23.0 Å². The molecule has 2 rings (SSSR count). The molecule has 1 heterocycles. The predicted octanol–water partition coefficient (Wildman–Crippen LogP) is 2.01. The fraction of sp³-hybridized carbons (Fsp3) is 0.231. The SMILES string of the molecule is CCn1ncc(N)c1C(=O)Oc1ccccc1C. The van der Waals surface area contributed by atoms with E-state index in [1.165, 1.54) is 10.9 Å². The largest absolute Gasteiger partial charge is 0.421 e. The third kappa shape index (κ3) is 2.20. The van der Waals surface area contributed by atoms with Gasteiger partial charge >= 0.3 is 5.97 Å². The van der Waals surface area contributed by atoms with Crippen molar-refractivity contribution < 1.29 is 9.53 Å². The molecule has 0 aliphatic rings. The molecule has 0 unspecified atom stereocenters. The molecule has 5 nitrogen and oxygen atoms in total. The molecule has 2 aromatic rings. The van der Waals surface area contributed by atoms with Gasteiger partial charge in [0.15, 0.2) is 5.69 Å². The Kier molecular flexibility index (Phi) is 3.32. The summed E-state index contributed by atoms with van der Waals surface area (Å²) in [6.07, 6.45) is 1.46. The Bertz CT molecular complexity index is 575. The molecule has 94 valence electrons. The lowest BCUT2D eigenvalue weighted by atomic mass is 10.2. The molecule has 0 amide bonds. The molecule has 1 aromatic carbocycles. The lowest BCUT2D eigenvalue weighted by Gasteiger charge is -2.08. The second-order valence-corrected chi connectivity index (χ2v) is 3.92. The first kappa shape index (κ1) is 12.2. The van der Waals surface area contributed by atoms with Crippen LogP contribution >= 0.6 is 0 Å². The van der Waals surface area contributed by atoms with Crippen LogP contribution in [0.2, 0.25) is 0 Å². The van der Waals surface area contributed by atoms with Gasteiger partial charge in [0.2, 0.25) is 0 Å². The van der Waals surface area contributed by atoms with E-state index in [4.69, 9.17) is 10.5 Å². The van der Waals surface area contributed by atoms with Crippen LogP contribution in [-0.2, 0) is 6.54 Å². The van der Waals surface area contributed by atoms with Gasteiger partial charge in [0.1, 0.15) is 5.75 Å². The number of aromatic nitrogens is 2. The predicted molar refractivity (Wildman–Crippen MR) is 68.5 cm³/mol. The van der Waals surface area contributed by atoms with E-state index in [1.54, 1.807) is 6.07 Å². The van der Waals surface area contributed by atoms with Crippen molar-refractivity contribution >= 4 is 11.7 Å². The van der Waals surface area contributed by atoms with Gasteiger partial charge in [-0.1, -0.05) is 18.2 Å². The number of hydrogen-bond acceptors (Lipinski definition) is 4. The fourth-order valence-electron chi connectivity index (χ4n) is 1.68. The number of anilines is 1.